The van der Waals surface area contributed by atoms with E-state index in [9.17, 15) is 14.5 Å². The number of nitrogens with zero attached hydrogens (tertiary/aromatic N) is 2. The number of nitro groups is 1. The van der Waals surface area contributed by atoms with E-state index < -0.39 is 10.7 Å². The van der Waals surface area contributed by atoms with Crippen LogP contribution in [0.3, 0.4) is 0 Å². The zero-order valence-corrected chi connectivity index (χ0v) is 12.7. The zero-order chi connectivity index (χ0) is 14.0. The minimum atomic E-state index is -0.439. The highest BCUT2D eigenvalue weighted by atomic mass is 127. The third-order valence-electron chi connectivity index (χ3n) is 3.34. The quantitative estimate of drug-likeness (QED) is 0.496. The molecule has 7 heteroatoms. The Kier molecular flexibility index (Phi) is 4.56. The van der Waals surface area contributed by atoms with Gasteiger partial charge in [-0.2, -0.15) is 0 Å². The lowest BCUT2D eigenvalue weighted by atomic mass is 10.2. The number of nitro benzene ring substituents is 1. The van der Waals surface area contributed by atoms with Crippen LogP contribution in [0.15, 0.2) is 12.1 Å². The first-order valence-corrected chi connectivity index (χ1v) is 7.17. The van der Waals surface area contributed by atoms with Crippen molar-refractivity contribution >= 4 is 34.0 Å². The number of hydrogen-bond acceptors (Lipinski definition) is 4. The number of likely N-dealkylation sites (N-methyl/N-ethyl adjacent to an activating group) is 1. The summed E-state index contributed by atoms with van der Waals surface area (Å²) in [5.41, 5.74) is 0.370. The molecule has 1 atom stereocenters. The predicted molar refractivity (Wildman–Crippen MR) is 80.1 cm³/mol. The van der Waals surface area contributed by atoms with E-state index in [1.807, 2.05) is 11.9 Å². The summed E-state index contributed by atoms with van der Waals surface area (Å²) in [5, 5.41) is 14.2. The Morgan fingerprint density at radius 2 is 2.37 bits per heavy atom. The first-order chi connectivity index (χ1) is 9.04. The third-order valence-corrected chi connectivity index (χ3v) is 4.17. The summed E-state index contributed by atoms with van der Waals surface area (Å²) in [5.74, 6) is -0.406. The molecule has 0 radical (unpaired) electrons. The fraction of sp³-hybridized carbons (Fsp3) is 0.500. The van der Waals surface area contributed by atoms with Gasteiger partial charge < -0.3 is 10.2 Å². The maximum absolute atomic E-state index is 13.7. The summed E-state index contributed by atoms with van der Waals surface area (Å²) in [6, 6.07) is 2.77. The Bertz CT molecular complexity index is 498. The molecular formula is C12H15FIN3O2. The molecule has 0 spiro atoms. The molecule has 1 aliphatic rings. The van der Waals surface area contributed by atoms with Gasteiger partial charge in [0, 0.05) is 31.3 Å². The number of hydrogen-bond donors (Lipinski definition) is 1. The molecule has 1 unspecified atom stereocenters. The van der Waals surface area contributed by atoms with E-state index in [4.69, 9.17) is 0 Å². The molecule has 0 aromatic heterocycles. The molecule has 0 bridgehead atoms. The van der Waals surface area contributed by atoms with Gasteiger partial charge in [-0.3, -0.25) is 10.1 Å². The highest BCUT2D eigenvalue weighted by Gasteiger charge is 2.30. The molecule has 1 fully saturated rings. The van der Waals surface area contributed by atoms with Crippen LogP contribution in [0.25, 0.3) is 0 Å². The zero-order valence-electron chi connectivity index (χ0n) is 10.5. The highest BCUT2D eigenvalue weighted by Crippen LogP contribution is 2.35. The standard InChI is InChI=1S/C12H15FIN3O2/c1-15-7-8-3-2-4-16(8)11-5-9(13)10(14)6-12(11)17(18)19/h5-6,8,15H,2-4,7H2,1H3. The fourth-order valence-corrected chi connectivity index (χ4v) is 2.95. The van der Waals surface area contributed by atoms with Crippen LogP contribution in [0.2, 0.25) is 0 Å². The van der Waals surface area contributed by atoms with Crippen LogP contribution in [-0.4, -0.2) is 31.1 Å². The molecular weight excluding hydrogens is 364 g/mol. The van der Waals surface area contributed by atoms with Crippen LogP contribution in [0, 0.1) is 19.5 Å². The maximum atomic E-state index is 13.7. The van der Waals surface area contributed by atoms with Crippen molar-refractivity contribution in [2.24, 2.45) is 0 Å². The van der Waals surface area contributed by atoms with E-state index in [0.717, 1.165) is 25.9 Å². The Morgan fingerprint density at radius 1 is 1.63 bits per heavy atom. The molecule has 0 amide bonds. The van der Waals surface area contributed by atoms with Crippen LogP contribution in [0.1, 0.15) is 12.8 Å². The number of halogens is 2. The van der Waals surface area contributed by atoms with E-state index in [2.05, 4.69) is 5.32 Å². The Morgan fingerprint density at radius 3 is 3.00 bits per heavy atom. The van der Waals surface area contributed by atoms with Crippen molar-refractivity contribution in [3.63, 3.8) is 0 Å². The van der Waals surface area contributed by atoms with Gasteiger partial charge in [-0.25, -0.2) is 4.39 Å². The molecule has 1 aliphatic heterocycles. The molecule has 104 valence electrons. The van der Waals surface area contributed by atoms with Gasteiger partial charge in [0.15, 0.2) is 0 Å². The van der Waals surface area contributed by atoms with Gasteiger partial charge in [0.1, 0.15) is 11.5 Å². The molecule has 0 saturated carbocycles. The second-order valence-electron chi connectivity index (χ2n) is 4.56. The van der Waals surface area contributed by atoms with Gasteiger partial charge in [0.25, 0.3) is 5.69 Å². The predicted octanol–water partition coefficient (Wildman–Crippen LogP) is 2.53. The van der Waals surface area contributed by atoms with Crippen molar-refractivity contribution < 1.29 is 9.31 Å². The van der Waals surface area contributed by atoms with Crippen LogP contribution in [0.5, 0.6) is 0 Å². The van der Waals surface area contributed by atoms with Crippen LogP contribution in [0.4, 0.5) is 15.8 Å². The van der Waals surface area contributed by atoms with Crippen LogP contribution < -0.4 is 10.2 Å². The van der Waals surface area contributed by atoms with Crippen LogP contribution in [-0.2, 0) is 0 Å². The highest BCUT2D eigenvalue weighted by molar-refractivity contribution is 14.1. The number of benzene rings is 1. The van der Waals surface area contributed by atoms with Gasteiger partial charge in [-0.05, 0) is 42.5 Å². The molecule has 1 aromatic carbocycles. The van der Waals surface area contributed by atoms with Crippen LogP contribution >= 0.6 is 22.6 Å². The van der Waals surface area contributed by atoms with E-state index >= 15 is 0 Å². The summed E-state index contributed by atoms with van der Waals surface area (Å²) >= 11 is 1.77. The Balaban J connectivity index is 2.42. The van der Waals surface area contributed by atoms with Crippen molar-refractivity contribution in [1.82, 2.24) is 5.32 Å². The van der Waals surface area contributed by atoms with Crippen molar-refractivity contribution in [3.8, 4) is 0 Å². The van der Waals surface area contributed by atoms with E-state index in [1.165, 1.54) is 12.1 Å². The van der Waals surface area contributed by atoms with Crippen molar-refractivity contribution in [2.45, 2.75) is 18.9 Å². The van der Waals surface area contributed by atoms with E-state index in [-0.39, 0.29) is 15.3 Å². The Labute approximate surface area is 124 Å². The van der Waals surface area contributed by atoms with Gasteiger partial charge in [0.2, 0.25) is 0 Å². The minimum absolute atomic E-state index is 0.0196. The average molecular weight is 379 g/mol. The molecule has 5 nitrogen and oxygen atoms in total. The average Bonchev–Trinajstić information content (AvgIpc) is 2.80. The molecule has 1 N–H and O–H groups in total. The molecule has 1 heterocycles. The van der Waals surface area contributed by atoms with E-state index in [0.29, 0.717) is 5.69 Å². The lowest BCUT2D eigenvalue weighted by molar-refractivity contribution is -0.384. The summed E-state index contributed by atoms with van der Waals surface area (Å²) in [7, 11) is 1.85. The summed E-state index contributed by atoms with van der Waals surface area (Å²) in [4.78, 5) is 12.6. The molecule has 2 rings (SSSR count). The fourth-order valence-electron chi connectivity index (χ4n) is 2.50. The van der Waals surface area contributed by atoms with E-state index in [1.54, 1.807) is 22.6 Å². The van der Waals surface area contributed by atoms with Gasteiger partial charge in [-0.1, -0.05) is 0 Å². The van der Waals surface area contributed by atoms with Gasteiger partial charge in [0.05, 0.1) is 8.49 Å². The molecule has 1 aromatic rings. The van der Waals surface area contributed by atoms with Crippen molar-refractivity contribution in [2.75, 3.05) is 25.0 Å². The van der Waals surface area contributed by atoms with Crippen molar-refractivity contribution in [3.05, 3.63) is 31.6 Å². The van der Waals surface area contributed by atoms with Crippen molar-refractivity contribution in [1.29, 1.82) is 0 Å². The molecule has 1 saturated heterocycles. The Hall–Kier alpha value is -0.960. The summed E-state index contributed by atoms with van der Waals surface area (Å²) in [6.45, 7) is 1.47. The second kappa shape index (κ2) is 6.00. The minimum Gasteiger partial charge on any atom is -0.362 e. The molecule has 19 heavy (non-hydrogen) atoms. The van der Waals surface area contributed by atoms with Gasteiger partial charge in [-0.15, -0.1) is 0 Å². The summed E-state index contributed by atoms with van der Waals surface area (Å²) < 4.78 is 14.0. The lowest BCUT2D eigenvalue weighted by Crippen LogP contribution is -2.37. The number of anilines is 1. The maximum Gasteiger partial charge on any atom is 0.293 e. The smallest absolute Gasteiger partial charge is 0.293 e. The molecule has 0 aliphatic carbocycles. The topological polar surface area (TPSA) is 58.4 Å². The summed E-state index contributed by atoms with van der Waals surface area (Å²) in [6.07, 6.45) is 1.93. The number of rotatable bonds is 4. The normalized spacial score (nSPS) is 18.9. The number of nitrogens with one attached hydrogen (secondary N) is 1. The lowest BCUT2D eigenvalue weighted by Gasteiger charge is -2.26. The first kappa shape index (κ1) is 14.4. The first-order valence-electron chi connectivity index (χ1n) is 6.09. The second-order valence-corrected chi connectivity index (χ2v) is 5.72. The SMILES string of the molecule is CNCC1CCCN1c1cc(F)c(I)cc1[N+](=O)[O-]. The monoisotopic (exact) mass is 379 g/mol. The largest absolute Gasteiger partial charge is 0.362 e. The van der Waals surface area contributed by atoms with Gasteiger partial charge >= 0.3 is 0 Å². The third kappa shape index (κ3) is 2.97.